The molecular formula is C19H26N4O2. The highest BCUT2D eigenvalue weighted by atomic mass is 16.5. The van der Waals surface area contributed by atoms with Crippen LogP contribution in [-0.2, 0) is 0 Å². The van der Waals surface area contributed by atoms with E-state index in [4.69, 9.17) is 4.74 Å². The van der Waals surface area contributed by atoms with Crippen molar-refractivity contribution in [3.8, 4) is 5.75 Å². The van der Waals surface area contributed by atoms with Crippen molar-refractivity contribution in [2.45, 2.75) is 13.3 Å². The third-order valence-corrected chi connectivity index (χ3v) is 3.54. The van der Waals surface area contributed by atoms with E-state index in [1.54, 1.807) is 12.3 Å². The predicted octanol–water partition coefficient (Wildman–Crippen LogP) is 3.10. The lowest BCUT2D eigenvalue weighted by atomic mass is 10.2. The van der Waals surface area contributed by atoms with Gasteiger partial charge in [0, 0.05) is 6.54 Å². The average molecular weight is 342 g/mol. The molecule has 0 atom stereocenters. The van der Waals surface area contributed by atoms with Crippen LogP contribution < -0.4 is 15.4 Å². The van der Waals surface area contributed by atoms with Crippen molar-refractivity contribution < 1.29 is 9.53 Å². The summed E-state index contributed by atoms with van der Waals surface area (Å²) in [6.45, 7) is 4.34. The number of carbonyl (C=O) groups excluding carboxylic acids is 1. The molecule has 6 heteroatoms. The first-order valence-electron chi connectivity index (χ1n) is 8.48. The van der Waals surface area contributed by atoms with Crippen LogP contribution >= 0.6 is 0 Å². The maximum absolute atomic E-state index is 12.4. The van der Waals surface area contributed by atoms with Gasteiger partial charge in [0.05, 0.1) is 24.2 Å². The summed E-state index contributed by atoms with van der Waals surface area (Å²) in [6, 6.07) is 10.9. The molecule has 0 saturated heterocycles. The Labute approximate surface area is 149 Å². The Bertz CT molecular complexity index is 671. The molecular weight excluding hydrogens is 316 g/mol. The average Bonchev–Trinajstić information content (AvgIpc) is 2.61. The third kappa shape index (κ3) is 6.08. The van der Waals surface area contributed by atoms with Crippen molar-refractivity contribution in [3.63, 3.8) is 0 Å². The van der Waals surface area contributed by atoms with Gasteiger partial charge in [-0.25, -0.2) is 4.98 Å². The van der Waals surface area contributed by atoms with Crippen LogP contribution in [0, 0.1) is 0 Å². The number of anilines is 2. The minimum atomic E-state index is -0.258. The van der Waals surface area contributed by atoms with E-state index in [2.05, 4.69) is 34.6 Å². The van der Waals surface area contributed by atoms with Crippen molar-refractivity contribution >= 4 is 17.3 Å². The van der Waals surface area contributed by atoms with Crippen molar-refractivity contribution in [2.75, 3.05) is 44.4 Å². The summed E-state index contributed by atoms with van der Waals surface area (Å²) >= 11 is 0. The summed E-state index contributed by atoms with van der Waals surface area (Å²) in [6.07, 6.45) is 2.72. The number of amides is 1. The maximum Gasteiger partial charge on any atom is 0.274 e. The van der Waals surface area contributed by atoms with Crippen molar-refractivity contribution in [3.05, 3.63) is 48.3 Å². The summed E-state index contributed by atoms with van der Waals surface area (Å²) in [7, 11) is 4.11. The number of nitrogens with one attached hydrogen (secondary N) is 2. The second kappa shape index (κ2) is 9.64. The van der Waals surface area contributed by atoms with Crippen LogP contribution in [0.25, 0.3) is 0 Å². The minimum absolute atomic E-state index is 0.258. The molecule has 25 heavy (non-hydrogen) atoms. The van der Waals surface area contributed by atoms with Gasteiger partial charge < -0.3 is 20.3 Å². The van der Waals surface area contributed by atoms with E-state index in [1.807, 2.05) is 37.3 Å². The summed E-state index contributed by atoms with van der Waals surface area (Å²) in [5.74, 6) is 0.392. The highest BCUT2D eigenvalue weighted by Gasteiger charge is 2.10. The van der Waals surface area contributed by atoms with Gasteiger partial charge in [-0.3, -0.25) is 4.79 Å². The van der Waals surface area contributed by atoms with Gasteiger partial charge in [0.25, 0.3) is 5.91 Å². The van der Waals surface area contributed by atoms with E-state index >= 15 is 0 Å². The van der Waals surface area contributed by atoms with E-state index in [0.717, 1.165) is 25.2 Å². The summed E-state index contributed by atoms with van der Waals surface area (Å²) in [5.41, 5.74) is 1.91. The van der Waals surface area contributed by atoms with Crippen LogP contribution in [0.5, 0.6) is 5.75 Å². The first kappa shape index (κ1) is 18.7. The summed E-state index contributed by atoms with van der Waals surface area (Å²) < 4.78 is 5.52. The molecule has 0 radical (unpaired) electrons. The van der Waals surface area contributed by atoms with Gasteiger partial charge in [0.1, 0.15) is 11.4 Å². The zero-order chi connectivity index (χ0) is 18.1. The number of rotatable bonds is 9. The fraction of sp³-hybridized carbons (Fsp3) is 0.368. The molecule has 0 fully saturated rings. The van der Waals surface area contributed by atoms with Gasteiger partial charge in [0.2, 0.25) is 0 Å². The lowest BCUT2D eigenvalue weighted by Crippen LogP contribution is -2.17. The lowest BCUT2D eigenvalue weighted by molar-refractivity contribution is 0.102. The van der Waals surface area contributed by atoms with E-state index in [1.165, 1.54) is 0 Å². The molecule has 0 aliphatic heterocycles. The van der Waals surface area contributed by atoms with Crippen molar-refractivity contribution in [1.29, 1.82) is 0 Å². The number of aromatic nitrogens is 1. The van der Waals surface area contributed by atoms with E-state index < -0.39 is 0 Å². The van der Waals surface area contributed by atoms with Gasteiger partial charge in [-0.2, -0.15) is 0 Å². The zero-order valence-electron chi connectivity index (χ0n) is 15.1. The van der Waals surface area contributed by atoms with Crippen LogP contribution in [0.3, 0.4) is 0 Å². The number of ether oxygens (including phenoxy) is 1. The third-order valence-electron chi connectivity index (χ3n) is 3.54. The van der Waals surface area contributed by atoms with Crippen LogP contribution in [0.4, 0.5) is 11.4 Å². The van der Waals surface area contributed by atoms with Crippen LogP contribution in [-0.4, -0.2) is 49.6 Å². The fourth-order valence-corrected chi connectivity index (χ4v) is 2.30. The smallest absolute Gasteiger partial charge is 0.274 e. The Morgan fingerprint density at radius 1 is 1.20 bits per heavy atom. The SMILES string of the molecule is CCOc1ccccc1NC(=O)c1ccc(NCCCN(C)C)cn1. The highest BCUT2D eigenvalue weighted by molar-refractivity contribution is 6.03. The number of para-hydroxylation sites is 2. The molecule has 0 spiro atoms. The van der Waals surface area contributed by atoms with Crippen molar-refractivity contribution in [1.82, 2.24) is 9.88 Å². The van der Waals surface area contributed by atoms with Gasteiger partial charge in [-0.15, -0.1) is 0 Å². The summed E-state index contributed by atoms with van der Waals surface area (Å²) in [5, 5.41) is 6.14. The van der Waals surface area contributed by atoms with Gasteiger partial charge in [0.15, 0.2) is 0 Å². The first-order chi connectivity index (χ1) is 12.1. The molecule has 1 amide bonds. The standard InChI is InChI=1S/C19H26N4O2/c1-4-25-18-9-6-5-8-16(18)22-19(24)17-11-10-15(14-21-17)20-12-7-13-23(2)3/h5-6,8-11,14,20H,4,7,12-13H2,1-3H3,(H,22,24). The highest BCUT2D eigenvalue weighted by Crippen LogP contribution is 2.24. The monoisotopic (exact) mass is 342 g/mol. The predicted molar refractivity (Wildman–Crippen MR) is 101 cm³/mol. The Hall–Kier alpha value is -2.60. The molecule has 0 aliphatic carbocycles. The fourth-order valence-electron chi connectivity index (χ4n) is 2.30. The molecule has 0 unspecified atom stereocenters. The van der Waals surface area contributed by atoms with Crippen LogP contribution in [0.1, 0.15) is 23.8 Å². The largest absolute Gasteiger partial charge is 0.492 e. The second-order valence-electron chi connectivity index (χ2n) is 5.90. The molecule has 1 aromatic heterocycles. The Morgan fingerprint density at radius 3 is 2.68 bits per heavy atom. The molecule has 0 saturated carbocycles. The lowest BCUT2D eigenvalue weighted by Gasteiger charge is -2.12. The Morgan fingerprint density at radius 2 is 2.00 bits per heavy atom. The molecule has 2 N–H and O–H groups in total. The number of benzene rings is 1. The normalized spacial score (nSPS) is 10.6. The van der Waals surface area contributed by atoms with Gasteiger partial charge >= 0.3 is 0 Å². The number of hydrogen-bond acceptors (Lipinski definition) is 5. The maximum atomic E-state index is 12.4. The van der Waals surface area contributed by atoms with Gasteiger partial charge in [-0.1, -0.05) is 12.1 Å². The van der Waals surface area contributed by atoms with E-state index in [9.17, 15) is 4.79 Å². The Kier molecular flexibility index (Phi) is 7.22. The minimum Gasteiger partial charge on any atom is -0.492 e. The van der Waals surface area contributed by atoms with Crippen LogP contribution in [0.15, 0.2) is 42.6 Å². The molecule has 6 nitrogen and oxygen atoms in total. The summed E-state index contributed by atoms with van der Waals surface area (Å²) in [4.78, 5) is 18.7. The molecule has 0 aliphatic rings. The molecule has 0 bridgehead atoms. The second-order valence-corrected chi connectivity index (χ2v) is 5.90. The van der Waals surface area contributed by atoms with Crippen molar-refractivity contribution in [2.24, 2.45) is 0 Å². The van der Waals surface area contributed by atoms with E-state index in [-0.39, 0.29) is 5.91 Å². The molecule has 1 heterocycles. The number of hydrogen-bond donors (Lipinski definition) is 2. The van der Waals surface area contributed by atoms with Crippen LogP contribution in [0.2, 0.25) is 0 Å². The first-order valence-corrected chi connectivity index (χ1v) is 8.48. The molecule has 134 valence electrons. The molecule has 1 aromatic carbocycles. The van der Waals surface area contributed by atoms with E-state index in [0.29, 0.717) is 23.7 Å². The topological polar surface area (TPSA) is 66.5 Å². The Balaban J connectivity index is 1.92. The van der Waals surface area contributed by atoms with Gasteiger partial charge in [-0.05, 0) is 58.3 Å². The number of nitrogens with zero attached hydrogens (tertiary/aromatic N) is 2. The number of pyridine rings is 1. The quantitative estimate of drug-likeness (QED) is 0.686. The molecule has 2 rings (SSSR count). The number of carbonyl (C=O) groups is 1. The molecule has 2 aromatic rings. The zero-order valence-corrected chi connectivity index (χ0v) is 15.1.